The third kappa shape index (κ3) is 5.11. The summed E-state index contributed by atoms with van der Waals surface area (Å²) >= 11 is 1.07. The largest absolute Gasteiger partial charge is 0.342 e. The molecule has 0 unspecified atom stereocenters. The predicted octanol–water partition coefficient (Wildman–Crippen LogP) is 1.49. The summed E-state index contributed by atoms with van der Waals surface area (Å²) in [7, 11) is -3.95. The number of thiazole rings is 1. The van der Waals surface area contributed by atoms with Crippen molar-refractivity contribution in [1.82, 2.24) is 9.47 Å². The Hall–Kier alpha value is -2.60. The molecule has 10 nitrogen and oxygen atoms in total. The van der Waals surface area contributed by atoms with Crippen LogP contribution in [0.3, 0.4) is 0 Å². The van der Waals surface area contributed by atoms with E-state index < -0.39 is 38.1 Å². The SMILES string of the molecule is CCn1c(=NC(=O)CS(=O)(=O)CC(=O)N2CCCCC2)sc2cc([N+](=O)[O-])ccc21. The molecule has 0 bridgehead atoms. The van der Waals surface area contributed by atoms with Crippen LogP contribution in [-0.2, 0) is 26.0 Å². The zero-order valence-corrected chi connectivity index (χ0v) is 18.1. The van der Waals surface area contributed by atoms with Gasteiger partial charge < -0.3 is 9.47 Å². The number of hydrogen-bond acceptors (Lipinski definition) is 7. The third-order valence-electron chi connectivity index (χ3n) is 4.81. The Morgan fingerprint density at radius 1 is 1.20 bits per heavy atom. The van der Waals surface area contributed by atoms with Crippen LogP contribution in [0.2, 0.25) is 0 Å². The van der Waals surface area contributed by atoms with Crippen molar-refractivity contribution in [3.63, 3.8) is 0 Å². The first kappa shape index (κ1) is 22.1. The van der Waals surface area contributed by atoms with Crippen LogP contribution in [0.1, 0.15) is 26.2 Å². The minimum absolute atomic E-state index is 0.0799. The molecule has 162 valence electrons. The van der Waals surface area contributed by atoms with E-state index >= 15 is 0 Å². The summed E-state index contributed by atoms with van der Waals surface area (Å²) in [5, 5.41) is 11.0. The normalized spacial score (nSPS) is 15.5. The van der Waals surface area contributed by atoms with Gasteiger partial charge in [-0.1, -0.05) is 11.3 Å². The maximum Gasteiger partial charge on any atom is 0.270 e. The number of nitrogens with zero attached hydrogens (tertiary/aromatic N) is 4. The molecule has 0 saturated carbocycles. The highest BCUT2D eigenvalue weighted by Crippen LogP contribution is 2.23. The van der Waals surface area contributed by atoms with E-state index in [0.717, 1.165) is 30.6 Å². The van der Waals surface area contributed by atoms with Crippen LogP contribution in [-0.4, -0.2) is 59.2 Å². The molecule has 0 atom stereocenters. The molecular formula is C18H22N4O6S2. The summed E-state index contributed by atoms with van der Waals surface area (Å²) in [6, 6.07) is 4.33. The molecule has 2 aromatic rings. The van der Waals surface area contributed by atoms with Crippen molar-refractivity contribution in [2.24, 2.45) is 4.99 Å². The average molecular weight is 455 g/mol. The lowest BCUT2D eigenvalue weighted by molar-refractivity contribution is -0.384. The Morgan fingerprint density at radius 2 is 1.90 bits per heavy atom. The molecule has 1 aliphatic rings. The van der Waals surface area contributed by atoms with E-state index in [1.807, 2.05) is 6.92 Å². The van der Waals surface area contributed by atoms with Crippen LogP contribution in [0, 0.1) is 10.1 Å². The van der Waals surface area contributed by atoms with Gasteiger partial charge in [0.1, 0.15) is 11.5 Å². The summed E-state index contributed by atoms with van der Waals surface area (Å²) in [6.45, 7) is 3.35. The van der Waals surface area contributed by atoms with E-state index in [-0.39, 0.29) is 10.5 Å². The van der Waals surface area contributed by atoms with Crippen molar-refractivity contribution in [2.75, 3.05) is 24.6 Å². The molecule has 0 radical (unpaired) electrons. The Bertz CT molecular complexity index is 1160. The second-order valence-electron chi connectivity index (χ2n) is 7.02. The van der Waals surface area contributed by atoms with Crippen molar-refractivity contribution in [3.05, 3.63) is 33.1 Å². The second-order valence-corrected chi connectivity index (χ2v) is 10.1. The first-order valence-corrected chi connectivity index (χ1v) is 12.2. The molecule has 30 heavy (non-hydrogen) atoms. The van der Waals surface area contributed by atoms with E-state index in [9.17, 15) is 28.1 Å². The fraction of sp³-hybridized carbons (Fsp3) is 0.500. The third-order valence-corrected chi connectivity index (χ3v) is 7.22. The lowest BCUT2D eigenvalue weighted by Gasteiger charge is -2.26. The molecule has 12 heteroatoms. The quantitative estimate of drug-likeness (QED) is 0.480. The first-order valence-electron chi connectivity index (χ1n) is 9.53. The van der Waals surface area contributed by atoms with Crippen LogP contribution in [0.25, 0.3) is 10.2 Å². The number of likely N-dealkylation sites (tertiary alicyclic amines) is 1. The van der Waals surface area contributed by atoms with E-state index in [1.165, 1.54) is 17.0 Å². The average Bonchev–Trinajstić information content (AvgIpc) is 3.03. The van der Waals surface area contributed by atoms with Crippen LogP contribution < -0.4 is 4.80 Å². The van der Waals surface area contributed by atoms with E-state index in [1.54, 1.807) is 10.6 Å². The summed E-state index contributed by atoms with van der Waals surface area (Å²) < 4.78 is 26.9. The van der Waals surface area contributed by atoms with Crippen LogP contribution in [0.4, 0.5) is 5.69 Å². The monoisotopic (exact) mass is 454 g/mol. The van der Waals surface area contributed by atoms with Gasteiger partial charge in [0.2, 0.25) is 5.91 Å². The zero-order valence-electron chi connectivity index (χ0n) is 16.4. The fourth-order valence-corrected chi connectivity index (χ4v) is 5.61. The summed E-state index contributed by atoms with van der Waals surface area (Å²) in [4.78, 5) is 40.7. The highest BCUT2D eigenvalue weighted by atomic mass is 32.2. The number of hydrogen-bond donors (Lipinski definition) is 0. The standard InChI is InChI=1S/C18H22N4O6S2/c1-2-21-14-7-6-13(22(25)26)10-15(14)29-18(21)19-16(23)11-30(27,28)12-17(24)20-8-4-3-5-9-20/h6-7,10H,2-5,8-9,11-12H2,1H3. The predicted molar refractivity (Wildman–Crippen MR) is 112 cm³/mol. The number of amides is 2. The smallest absolute Gasteiger partial charge is 0.270 e. The van der Waals surface area contributed by atoms with E-state index in [4.69, 9.17) is 0 Å². The molecule has 3 rings (SSSR count). The summed E-state index contributed by atoms with van der Waals surface area (Å²) in [5.41, 5.74) is 0.589. The number of nitro groups is 1. The fourth-order valence-electron chi connectivity index (χ4n) is 3.37. The van der Waals surface area contributed by atoms with Crippen molar-refractivity contribution in [1.29, 1.82) is 0 Å². The molecule has 1 aromatic heterocycles. The highest BCUT2D eigenvalue weighted by molar-refractivity contribution is 7.92. The van der Waals surface area contributed by atoms with Gasteiger partial charge in [-0.05, 0) is 32.3 Å². The molecule has 0 N–H and O–H groups in total. The van der Waals surface area contributed by atoms with Gasteiger partial charge >= 0.3 is 0 Å². The van der Waals surface area contributed by atoms with E-state index in [0.29, 0.717) is 29.9 Å². The lowest BCUT2D eigenvalue weighted by Crippen LogP contribution is -2.40. The Labute approximate surface area is 176 Å². The minimum Gasteiger partial charge on any atom is -0.342 e. The van der Waals surface area contributed by atoms with Gasteiger partial charge in [0.25, 0.3) is 11.6 Å². The van der Waals surface area contributed by atoms with Gasteiger partial charge in [-0.25, -0.2) is 8.42 Å². The summed E-state index contributed by atoms with van der Waals surface area (Å²) in [6.07, 6.45) is 2.71. The first-order chi connectivity index (χ1) is 14.2. The number of non-ortho nitro benzene ring substituents is 1. The molecule has 0 spiro atoms. The Morgan fingerprint density at radius 3 is 2.53 bits per heavy atom. The van der Waals surface area contributed by atoms with Crippen molar-refractivity contribution < 1.29 is 22.9 Å². The van der Waals surface area contributed by atoms with Crippen LogP contribution >= 0.6 is 11.3 Å². The number of rotatable bonds is 6. The maximum atomic E-state index is 12.3. The van der Waals surface area contributed by atoms with Crippen molar-refractivity contribution in [3.8, 4) is 0 Å². The van der Waals surface area contributed by atoms with Gasteiger partial charge in [-0.15, -0.1) is 0 Å². The molecular weight excluding hydrogens is 432 g/mol. The van der Waals surface area contributed by atoms with Crippen LogP contribution in [0.5, 0.6) is 0 Å². The molecule has 1 aliphatic heterocycles. The van der Waals surface area contributed by atoms with Crippen LogP contribution in [0.15, 0.2) is 23.2 Å². The molecule has 1 saturated heterocycles. The second kappa shape index (κ2) is 9.04. The number of aromatic nitrogens is 1. The highest BCUT2D eigenvalue weighted by Gasteiger charge is 2.25. The number of piperidine rings is 1. The minimum atomic E-state index is -3.95. The molecule has 2 amide bonds. The van der Waals surface area contributed by atoms with Gasteiger partial charge in [0.05, 0.1) is 15.1 Å². The van der Waals surface area contributed by atoms with Gasteiger partial charge in [-0.2, -0.15) is 4.99 Å². The summed E-state index contributed by atoms with van der Waals surface area (Å²) in [5.74, 6) is -2.92. The van der Waals surface area contributed by atoms with E-state index in [2.05, 4.69) is 4.99 Å². The topological polar surface area (TPSA) is 132 Å². The number of benzene rings is 1. The Balaban J connectivity index is 1.80. The number of sulfone groups is 1. The van der Waals surface area contributed by atoms with Crippen molar-refractivity contribution >= 4 is 48.9 Å². The number of carbonyl (C=O) groups excluding carboxylic acids is 2. The van der Waals surface area contributed by atoms with Crippen molar-refractivity contribution in [2.45, 2.75) is 32.7 Å². The number of aryl methyl sites for hydroxylation is 1. The number of nitro benzene ring substituents is 1. The molecule has 1 aromatic carbocycles. The molecule has 1 fully saturated rings. The van der Waals surface area contributed by atoms with Gasteiger partial charge in [0.15, 0.2) is 14.6 Å². The zero-order chi connectivity index (χ0) is 21.9. The Kier molecular flexibility index (Phi) is 6.66. The number of carbonyl (C=O) groups is 2. The molecule has 2 heterocycles. The lowest BCUT2D eigenvalue weighted by atomic mass is 10.1. The molecule has 0 aliphatic carbocycles. The maximum absolute atomic E-state index is 12.3. The number of fused-ring (bicyclic) bond motifs is 1. The van der Waals surface area contributed by atoms with Gasteiger partial charge in [-0.3, -0.25) is 19.7 Å². The van der Waals surface area contributed by atoms with Gasteiger partial charge in [0, 0.05) is 31.8 Å².